The molecule has 6 heteroatoms. The average Bonchev–Trinajstić information content (AvgIpc) is 3.05. The van der Waals surface area contributed by atoms with Crippen LogP contribution < -0.4 is 25.4 Å². The molecule has 0 spiro atoms. The van der Waals surface area contributed by atoms with Gasteiger partial charge in [-0.2, -0.15) is 0 Å². The smallest absolute Gasteiger partial charge is 0.237 e. The van der Waals surface area contributed by atoms with E-state index in [2.05, 4.69) is 16.0 Å². The fraction of sp³-hybridized carbons (Fsp3) is 0.533. The highest BCUT2D eigenvalue weighted by molar-refractivity contribution is 5.82. The molecule has 0 bridgehead atoms. The quantitative estimate of drug-likeness (QED) is 0.654. The number of rotatable bonds is 7. The fourth-order valence-electron chi connectivity index (χ4n) is 2.33. The molecule has 1 fully saturated rings. The third kappa shape index (κ3) is 4.53. The molecule has 0 aromatic heterocycles. The number of benzene rings is 1. The van der Waals surface area contributed by atoms with Crippen LogP contribution >= 0.6 is 0 Å². The van der Waals surface area contributed by atoms with Crippen LogP contribution in [0.4, 0.5) is 5.69 Å². The van der Waals surface area contributed by atoms with Gasteiger partial charge < -0.3 is 25.4 Å². The van der Waals surface area contributed by atoms with Gasteiger partial charge in [-0.15, -0.1) is 0 Å². The zero-order valence-corrected chi connectivity index (χ0v) is 12.6. The summed E-state index contributed by atoms with van der Waals surface area (Å²) in [6.07, 6.45) is 1.99. The molecule has 21 heavy (non-hydrogen) atoms. The number of hydrogen-bond donors (Lipinski definition) is 3. The van der Waals surface area contributed by atoms with Crippen LogP contribution in [-0.4, -0.2) is 45.8 Å². The summed E-state index contributed by atoms with van der Waals surface area (Å²) in [4.78, 5) is 11.8. The molecule has 1 unspecified atom stereocenters. The van der Waals surface area contributed by atoms with Crippen molar-refractivity contribution in [1.82, 2.24) is 10.6 Å². The Morgan fingerprint density at radius 3 is 2.52 bits per heavy atom. The minimum atomic E-state index is -0.0260. The molecule has 0 saturated carbocycles. The summed E-state index contributed by atoms with van der Waals surface area (Å²) in [6, 6.07) is 5.58. The van der Waals surface area contributed by atoms with Gasteiger partial charge >= 0.3 is 0 Å². The van der Waals surface area contributed by atoms with Crippen molar-refractivity contribution in [3.63, 3.8) is 0 Å². The van der Waals surface area contributed by atoms with E-state index < -0.39 is 0 Å². The lowest BCUT2D eigenvalue weighted by Crippen LogP contribution is -2.42. The van der Waals surface area contributed by atoms with Gasteiger partial charge in [0, 0.05) is 37.0 Å². The number of nitrogens with one attached hydrogen (secondary N) is 3. The Kier molecular flexibility index (Phi) is 5.68. The maximum atomic E-state index is 11.8. The summed E-state index contributed by atoms with van der Waals surface area (Å²) in [5.41, 5.74) is 0.902. The Hall–Kier alpha value is -1.95. The van der Waals surface area contributed by atoms with Gasteiger partial charge in [-0.1, -0.05) is 0 Å². The van der Waals surface area contributed by atoms with E-state index in [4.69, 9.17) is 9.47 Å². The van der Waals surface area contributed by atoms with Crippen molar-refractivity contribution >= 4 is 11.6 Å². The van der Waals surface area contributed by atoms with E-state index in [-0.39, 0.29) is 11.9 Å². The first-order valence-corrected chi connectivity index (χ1v) is 7.21. The van der Waals surface area contributed by atoms with Gasteiger partial charge in [-0.25, -0.2) is 0 Å². The zero-order chi connectivity index (χ0) is 15.1. The Morgan fingerprint density at radius 1 is 1.24 bits per heavy atom. The van der Waals surface area contributed by atoms with Crippen molar-refractivity contribution in [3.8, 4) is 11.5 Å². The van der Waals surface area contributed by atoms with E-state index in [1.165, 1.54) is 0 Å². The van der Waals surface area contributed by atoms with Crippen molar-refractivity contribution in [3.05, 3.63) is 18.2 Å². The largest absolute Gasteiger partial charge is 0.497 e. The van der Waals surface area contributed by atoms with Crippen molar-refractivity contribution in [2.75, 3.05) is 39.2 Å². The first-order chi connectivity index (χ1) is 10.2. The highest BCUT2D eigenvalue weighted by Gasteiger charge is 2.21. The highest BCUT2D eigenvalue weighted by atomic mass is 16.5. The van der Waals surface area contributed by atoms with Gasteiger partial charge in [0.1, 0.15) is 11.5 Å². The Balaban J connectivity index is 1.76. The van der Waals surface area contributed by atoms with Crippen molar-refractivity contribution in [1.29, 1.82) is 0 Å². The Morgan fingerprint density at radius 2 is 1.95 bits per heavy atom. The molecule has 1 atom stereocenters. The maximum absolute atomic E-state index is 11.8. The lowest BCUT2D eigenvalue weighted by atomic mass is 10.2. The number of methoxy groups -OCH3 is 2. The number of amides is 1. The molecule has 116 valence electrons. The van der Waals surface area contributed by atoms with Gasteiger partial charge in [0.25, 0.3) is 0 Å². The van der Waals surface area contributed by atoms with Gasteiger partial charge in [0.15, 0.2) is 0 Å². The number of anilines is 1. The van der Waals surface area contributed by atoms with Crippen LogP contribution in [-0.2, 0) is 4.79 Å². The van der Waals surface area contributed by atoms with Gasteiger partial charge in [0.2, 0.25) is 5.91 Å². The fourth-order valence-corrected chi connectivity index (χ4v) is 2.33. The molecule has 1 aromatic rings. The lowest BCUT2D eigenvalue weighted by molar-refractivity contribution is -0.122. The summed E-state index contributed by atoms with van der Waals surface area (Å²) in [5.74, 6) is 1.55. The van der Waals surface area contributed by atoms with Crippen LogP contribution in [0.15, 0.2) is 18.2 Å². The summed E-state index contributed by atoms with van der Waals surface area (Å²) < 4.78 is 10.4. The predicted octanol–water partition coefficient (Wildman–Crippen LogP) is 0.984. The van der Waals surface area contributed by atoms with Crippen LogP contribution in [0.3, 0.4) is 0 Å². The number of ether oxygens (including phenoxy) is 2. The molecule has 3 N–H and O–H groups in total. The highest BCUT2D eigenvalue weighted by Crippen LogP contribution is 2.25. The summed E-state index contributed by atoms with van der Waals surface area (Å²) in [6.45, 7) is 2.16. The second kappa shape index (κ2) is 7.73. The second-order valence-corrected chi connectivity index (χ2v) is 4.97. The number of hydrogen-bond acceptors (Lipinski definition) is 5. The third-order valence-electron chi connectivity index (χ3n) is 3.48. The Bertz CT molecular complexity index is 451. The molecule has 0 radical (unpaired) electrons. The first-order valence-electron chi connectivity index (χ1n) is 7.21. The van der Waals surface area contributed by atoms with Crippen LogP contribution in [0.2, 0.25) is 0 Å². The van der Waals surface area contributed by atoms with Gasteiger partial charge in [0.05, 0.1) is 20.3 Å². The molecule has 1 aromatic carbocycles. The number of carbonyl (C=O) groups is 1. The molecular formula is C15H23N3O3. The molecule has 6 nitrogen and oxygen atoms in total. The summed E-state index contributed by atoms with van der Waals surface area (Å²) in [5, 5.41) is 9.35. The van der Waals surface area contributed by atoms with E-state index >= 15 is 0 Å². The summed E-state index contributed by atoms with van der Waals surface area (Å²) >= 11 is 0. The minimum Gasteiger partial charge on any atom is -0.497 e. The van der Waals surface area contributed by atoms with E-state index in [1.807, 2.05) is 18.2 Å². The van der Waals surface area contributed by atoms with Crippen LogP contribution in [0.25, 0.3) is 0 Å². The standard InChI is InChI=1S/C15H23N3O3/c1-20-12-8-11(9-13(10-12)21-2)16-6-7-18-15(19)14-4-3-5-17-14/h8-10,14,16-17H,3-7H2,1-2H3,(H,18,19). The normalized spacial score (nSPS) is 17.3. The van der Waals surface area contributed by atoms with Crippen molar-refractivity contribution < 1.29 is 14.3 Å². The van der Waals surface area contributed by atoms with Crippen LogP contribution in [0.1, 0.15) is 12.8 Å². The molecule has 1 heterocycles. The topological polar surface area (TPSA) is 71.6 Å². The molecule has 0 aliphatic carbocycles. The monoisotopic (exact) mass is 293 g/mol. The van der Waals surface area contributed by atoms with Gasteiger partial charge in [-0.05, 0) is 19.4 Å². The molecule has 1 aliphatic heterocycles. The maximum Gasteiger partial charge on any atom is 0.237 e. The van der Waals surface area contributed by atoms with E-state index in [1.54, 1.807) is 14.2 Å². The third-order valence-corrected chi connectivity index (χ3v) is 3.48. The predicted molar refractivity (Wildman–Crippen MR) is 82.1 cm³/mol. The lowest BCUT2D eigenvalue weighted by Gasteiger charge is -2.13. The number of carbonyl (C=O) groups excluding carboxylic acids is 1. The van der Waals surface area contributed by atoms with Crippen molar-refractivity contribution in [2.24, 2.45) is 0 Å². The molecule has 2 rings (SSSR count). The van der Waals surface area contributed by atoms with E-state index in [0.29, 0.717) is 13.1 Å². The average molecular weight is 293 g/mol. The summed E-state index contributed by atoms with van der Waals surface area (Å²) in [7, 11) is 3.24. The zero-order valence-electron chi connectivity index (χ0n) is 12.6. The molecule has 1 aliphatic rings. The molecule has 1 amide bonds. The van der Waals surface area contributed by atoms with Crippen molar-refractivity contribution in [2.45, 2.75) is 18.9 Å². The van der Waals surface area contributed by atoms with E-state index in [9.17, 15) is 4.79 Å². The van der Waals surface area contributed by atoms with E-state index in [0.717, 1.165) is 36.6 Å². The minimum absolute atomic E-state index is 0.0260. The van der Waals surface area contributed by atoms with Crippen LogP contribution in [0, 0.1) is 0 Å². The second-order valence-electron chi connectivity index (χ2n) is 4.97. The van der Waals surface area contributed by atoms with Gasteiger partial charge in [-0.3, -0.25) is 4.79 Å². The molecular weight excluding hydrogens is 270 g/mol. The SMILES string of the molecule is COc1cc(NCCNC(=O)C2CCCN2)cc(OC)c1. The van der Waals surface area contributed by atoms with Crippen LogP contribution in [0.5, 0.6) is 11.5 Å². The molecule has 1 saturated heterocycles. The first kappa shape index (κ1) is 15.4. The Labute approximate surface area is 125 Å².